The molecule has 1 aliphatic carbocycles. The zero-order chi connectivity index (χ0) is 8.48. The maximum absolute atomic E-state index is 10.0. The molecule has 0 aliphatic heterocycles. The van der Waals surface area contributed by atoms with Crippen LogP contribution in [-0.2, 0) is 0 Å². The van der Waals surface area contributed by atoms with E-state index in [1.54, 1.807) is 0 Å². The van der Waals surface area contributed by atoms with Crippen LogP contribution in [0.2, 0.25) is 0 Å². The van der Waals surface area contributed by atoms with Crippen molar-refractivity contribution in [2.24, 2.45) is 11.8 Å². The molecule has 1 saturated carbocycles. The van der Waals surface area contributed by atoms with Gasteiger partial charge in [0.05, 0.1) is 5.60 Å². The fraction of sp³-hybridized carbons (Fsp3) is 1.00. The predicted octanol–water partition coefficient (Wildman–Crippen LogP) is 2.58. The van der Waals surface area contributed by atoms with Crippen molar-refractivity contribution in [2.45, 2.75) is 52.1 Å². The van der Waals surface area contributed by atoms with Crippen molar-refractivity contribution in [1.29, 1.82) is 0 Å². The second-order valence-electron chi connectivity index (χ2n) is 4.43. The van der Waals surface area contributed by atoms with E-state index in [9.17, 15) is 5.11 Å². The van der Waals surface area contributed by atoms with Crippen LogP contribution in [0, 0.1) is 11.8 Å². The Kier molecular flexibility index (Phi) is 2.58. The van der Waals surface area contributed by atoms with E-state index in [0.29, 0.717) is 11.8 Å². The highest BCUT2D eigenvalue weighted by Crippen LogP contribution is 2.37. The molecule has 1 heteroatoms. The van der Waals surface area contributed by atoms with Gasteiger partial charge in [0.2, 0.25) is 0 Å². The van der Waals surface area contributed by atoms with E-state index < -0.39 is 0 Å². The Labute approximate surface area is 69.8 Å². The van der Waals surface area contributed by atoms with E-state index in [0.717, 1.165) is 19.3 Å². The quantitative estimate of drug-likeness (QED) is 0.618. The predicted molar refractivity (Wildman–Crippen MR) is 47.4 cm³/mol. The van der Waals surface area contributed by atoms with E-state index in [1.165, 1.54) is 6.42 Å². The third kappa shape index (κ3) is 2.19. The first kappa shape index (κ1) is 9.05. The van der Waals surface area contributed by atoms with E-state index in [4.69, 9.17) is 0 Å². The number of rotatable bonds is 1. The Morgan fingerprint density at radius 1 is 1.27 bits per heavy atom. The molecule has 66 valence electrons. The summed E-state index contributed by atoms with van der Waals surface area (Å²) >= 11 is 0. The van der Waals surface area contributed by atoms with Crippen molar-refractivity contribution in [2.75, 3.05) is 0 Å². The molecule has 1 N–H and O–H groups in total. The molecule has 2 unspecified atom stereocenters. The fourth-order valence-electron chi connectivity index (χ4n) is 2.52. The van der Waals surface area contributed by atoms with Gasteiger partial charge in [-0.15, -0.1) is 0 Å². The lowest BCUT2D eigenvalue weighted by Crippen LogP contribution is -2.37. The maximum atomic E-state index is 10.0. The summed E-state index contributed by atoms with van der Waals surface area (Å²) in [6.45, 7) is 6.58. The van der Waals surface area contributed by atoms with Crippen molar-refractivity contribution in [3.63, 3.8) is 0 Å². The zero-order valence-electron chi connectivity index (χ0n) is 7.93. The Bertz CT molecular complexity index is 121. The van der Waals surface area contributed by atoms with Gasteiger partial charge in [-0.3, -0.25) is 0 Å². The Balaban J connectivity index is 2.55. The van der Waals surface area contributed by atoms with Crippen LogP contribution in [0.15, 0.2) is 0 Å². The molecule has 1 fully saturated rings. The second-order valence-corrected chi connectivity index (χ2v) is 4.43. The van der Waals surface area contributed by atoms with Gasteiger partial charge in [0.1, 0.15) is 0 Å². The van der Waals surface area contributed by atoms with Crippen LogP contribution in [0.5, 0.6) is 0 Å². The molecule has 0 bridgehead atoms. The highest BCUT2D eigenvalue weighted by Gasteiger charge is 2.33. The third-order valence-electron chi connectivity index (χ3n) is 2.92. The minimum Gasteiger partial charge on any atom is -0.390 e. The first-order valence-electron chi connectivity index (χ1n) is 4.78. The van der Waals surface area contributed by atoms with Gasteiger partial charge in [0.15, 0.2) is 0 Å². The number of aliphatic hydroxyl groups is 1. The first-order chi connectivity index (χ1) is 5.06. The lowest BCUT2D eigenvalue weighted by atomic mass is 9.73. The lowest BCUT2D eigenvalue weighted by molar-refractivity contribution is -0.0337. The summed E-state index contributed by atoms with van der Waals surface area (Å²) in [5.41, 5.74) is -0.336. The van der Waals surface area contributed by atoms with Crippen LogP contribution in [0.4, 0.5) is 0 Å². The van der Waals surface area contributed by atoms with Crippen LogP contribution in [0.1, 0.15) is 46.5 Å². The summed E-state index contributed by atoms with van der Waals surface area (Å²) in [6.07, 6.45) is 4.23. The van der Waals surface area contributed by atoms with Crippen LogP contribution in [-0.4, -0.2) is 10.7 Å². The molecular formula is C10H20O. The van der Waals surface area contributed by atoms with Crippen molar-refractivity contribution in [1.82, 2.24) is 0 Å². The van der Waals surface area contributed by atoms with Gasteiger partial charge >= 0.3 is 0 Å². The molecule has 0 heterocycles. The molecule has 0 radical (unpaired) electrons. The third-order valence-corrected chi connectivity index (χ3v) is 2.92. The van der Waals surface area contributed by atoms with E-state index in [2.05, 4.69) is 20.8 Å². The van der Waals surface area contributed by atoms with E-state index >= 15 is 0 Å². The lowest BCUT2D eigenvalue weighted by Gasteiger charge is -2.38. The van der Waals surface area contributed by atoms with Gasteiger partial charge in [-0.05, 0) is 37.5 Å². The average Bonchev–Trinajstić information content (AvgIpc) is 1.84. The SMILES string of the molecule is CCC1(O)CC(C)CC(C)C1. The molecule has 0 aromatic heterocycles. The van der Waals surface area contributed by atoms with Crippen LogP contribution < -0.4 is 0 Å². The van der Waals surface area contributed by atoms with Crippen molar-refractivity contribution < 1.29 is 5.11 Å². The monoisotopic (exact) mass is 156 g/mol. The minimum atomic E-state index is -0.336. The molecule has 0 saturated heterocycles. The normalized spacial score (nSPS) is 45.8. The Morgan fingerprint density at radius 3 is 2.09 bits per heavy atom. The molecule has 2 atom stereocenters. The van der Waals surface area contributed by atoms with Crippen LogP contribution >= 0.6 is 0 Å². The smallest absolute Gasteiger partial charge is 0.0650 e. The van der Waals surface area contributed by atoms with Gasteiger partial charge in [0, 0.05) is 0 Å². The molecule has 0 aromatic rings. The highest BCUT2D eigenvalue weighted by molar-refractivity contribution is 4.86. The Morgan fingerprint density at radius 2 is 1.73 bits per heavy atom. The summed E-state index contributed by atoms with van der Waals surface area (Å²) in [6, 6.07) is 0. The Hall–Kier alpha value is -0.0400. The van der Waals surface area contributed by atoms with Crippen LogP contribution in [0.25, 0.3) is 0 Å². The number of hydrogen-bond acceptors (Lipinski definition) is 1. The minimum absolute atomic E-state index is 0.336. The van der Waals surface area contributed by atoms with E-state index in [-0.39, 0.29) is 5.60 Å². The second kappa shape index (κ2) is 3.14. The van der Waals surface area contributed by atoms with Gasteiger partial charge < -0.3 is 5.11 Å². The molecule has 0 spiro atoms. The van der Waals surface area contributed by atoms with Crippen molar-refractivity contribution >= 4 is 0 Å². The van der Waals surface area contributed by atoms with Gasteiger partial charge in [0.25, 0.3) is 0 Å². The van der Waals surface area contributed by atoms with Crippen molar-refractivity contribution in [3.8, 4) is 0 Å². The fourth-order valence-corrected chi connectivity index (χ4v) is 2.52. The van der Waals surface area contributed by atoms with Gasteiger partial charge in [-0.1, -0.05) is 20.8 Å². The molecule has 0 aromatic carbocycles. The molecule has 1 nitrogen and oxygen atoms in total. The van der Waals surface area contributed by atoms with Crippen molar-refractivity contribution in [3.05, 3.63) is 0 Å². The van der Waals surface area contributed by atoms with Crippen LogP contribution in [0.3, 0.4) is 0 Å². The maximum Gasteiger partial charge on any atom is 0.0650 e. The molecule has 11 heavy (non-hydrogen) atoms. The van der Waals surface area contributed by atoms with Gasteiger partial charge in [-0.2, -0.15) is 0 Å². The first-order valence-corrected chi connectivity index (χ1v) is 4.78. The summed E-state index contributed by atoms with van der Waals surface area (Å²) in [4.78, 5) is 0. The molecule has 1 aliphatic rings. The highest BCUT2D eigenvalue weighted by atomic mass is 16.3. The summed E-state index contributed by atoms with van der Waals surface area (Å²) in [5, 5.41) is 10.0. The molecular weight excluding hydrogens is 136 g/mol. The van der Waals surface area contributed by atoms with E-state index in [1.807, 2.05) is 0 Å². The average molecular weight is 156 g/mol. The summed E-state index contributed by atoms with van der Waals surface area (Å²) in [5.74, 6) is 1.42. The largest absolute Gasteiger partial charge is 0.390 e. The molecule has 1 rings (SSSR count). The summed E-state index contributed by atoms with van der Waals surface area (Å²) in [7, 11) is 0. The standard InChI is InChI=1S/C10H20O/c1-4-10(11)6-8(2)5-9(3)7-10/h8-9,11H,4-7H2,1-3H3. The van der Waals surface area contributed by atoms with Gasteiger partial charge in [-0.25, -0.2) is 0 Å². The molecule has 0 amide bonds. The zero-order valence-corrected chi connectivity index (χ0v) is 7.93. The summed E-state index contributed by atoms with van der Waals surface area (Å²) < 4.78 is 0. The number of hydrogen-bond donors (Lipinski definition) is 1. The topological polar surface area (TPSA) is 20.2 Å².